The van der Waals surface area contributed by atoms with Gasteiger partial charge in [-0.25, -0.2) is 4.39 Å². The molecule has 15 heavy (non-hydrogen) atoms. The van der Waals surface area contributed by atoms with Crippen molar-refractivity contribution in [3.05, 3.63) is 35.1 Å². The van der Waals surface area contributed by atoms with Crippen LogP contribution >= 0.6 is 0 Å². The summed E-state index contributed by atoms with van der Waals surface area (Å²) in [7, 11) is 2.00. The zero-order valence-corrected chi connectivity index (χ0v) is 9.63. The van der Waals surface area contributed by atoms with E-state index < -0.39 is 0 Å². The van der Waals surface area contributed by atoms with Crippen molar-refractivity contribution in [1.82, 2.24) is 4.90 Å². The Bertz CT molecular complexity index is 325. The van der Waals surface area contributed by atoms with E-state index in [-0.39, 0.29) is 11.9 Å². The summed E-state index contributed by atoms with van der Waals surface area (Å²) in [6, 6.07) is 4.97. The van der Waals surface area contributed by atoms with E-state index in [2.05, 4.69) is 11.8 Å². The maximum atomic E-state index is 13.2. The van der Waals surface area contributed by atoms with Gasteiger partial charge in [-0.05, 0) is 43.8 Å². The average Bonchev–Trinajstić information content (AvgIpc) is 2.23. The van der Waals surface area contributed by atoms with Crippen LogP contribution in [0, 0.1) is 12.7 Å². The van der Waals surface area contributed by atoms with E-state index in [4.69, 9.17) is 5.73 Å². The Morgan fingerprint density at radius 1 is 1.47 bits per heavy atom. The Morgan fingerprint density at radius 3 is 2.67 bits per heavy atom. The molecule has 0 fully saturated rings. The molecule has 0 saturated heterocycles. The lowest BCUT2D eigenvalue weighted by molar-refractivity contribution is 0.262. The van der Waals surface area contributed by atoms with Crippen LogP contribution < -0.4 is 5.73 Å². The van der Waals surface area contributed by atoms with Crippen molar-refractivity contribution in [2.24, 2.45) is 5.73 Å². The zero-order chi connectivity index (χ0) is 11.4. The fraction of sp³-hybridized carbons (Fsp3) is 0.500. The van der Waals surface area contributed by atoms with Crippen LogP contribution in [0.3, 0.4) is 0 Å². The lowest BCUT2D eigenvalue weighted by Gasteiger charge is -2.27. The molecule has 84 valence electrons. The number of likely N-dealkylation sites (N-methyl/N-ethyl adjacent to an activating group) is 1. The van der Waals surface area contributed by atoms with E-state index in [9.17, 15) is 4.39 Å². The first kappa shape index (κ1) is 12.1. The largest absolute Gasteiger partial charge is 0.329 e. The number of halogens is 1. The van der Waals surface area contributed by atoms with Gasteiger partial charge >= 0.3 is 0 Å². The summed E-state index contributed by atoms with van der Waals surface area (Å²) < 4.78 is 13.2. The molecule has 0 heterocycles. The van der Waals surface area contributed by atoms with Crippen LogP contribution in [-0.2, 0) is 0 Å². The number of rotatable bonds is 4. The topological polar surface area (TPSA) is 29.3 Å². The molecule has 2 N–H and O–H groups in total. The summed E-state index contributed by atoms with van der Waals surface area (Å²) in [5.41, 5.74) is 7.81. The smallest absolute Gasteiger partial charge is 0.123 e. The summed E-state index contributed by atoms with van der Waals surface area (Å²) in [5.74, 6) is -0.196. The van der Waals surface area contributed by atoms with Gasteiger partial charge in [0.15, 0.2) is 0 Å². The summed E-state index contributed by atoms with van der Waals surface area (Å²) in [5, 5.41) is 0. The summed E-state index contributed by atoms with van der Waals surface area (Å²) in [6.07, 6.45) is 0. The number of hydrogen-bond acceptors (Lipinski definition) is 2. The normalized spacial score (nSPS) is 13.2. The van der Waals surface area contributed by atoms with Crippen LogP contribution in [0.15, 0.2) is 18.2 Å². The zero-order valence-electron chi connectivity index (χ0n) is 9.63. The second-order valence-corrected chi connectivity index (χ2v) is 3.83. The molecule has 0 saturated carbocycles. The fourth-order valence-electron chi connectivity index (χ4n) is 1.74. The van der Waals surface area contributed by atoms with Crippen molar-refractivity contribution in [3.8, 4) is 0 Å². The van der Waals surface area contributed by atoms with Crippen molar-refractivity contribution < 1.29 is 4.39 Å². The summed E-state index contributed by atoms with van der Waals surface area (Å²) >= 11 is 0. The Kier molecular flexibility index (Phi) is 4.24. The SMILES string of the molecule is CCN(C)C(CN)c1cc(F)ccc1C. The first-order valence-electron chi connectivity index (χ1n) is 5.26. The first-order chi connectivity index (χ1) is 7.10. The van der Waals surface area contributed by atoms with Gasteiger partial charge < -0.3 is 5.73 Å². The van der Waals surface area contributed by atoms with Crippen LogP contribution in [0.5, 0.6) is 0 Å². The van der Waals surface area contributed by atoms with Gasteiger partial charge in [-0.15, -0.1) is 0 Å². The molecule has 1 unspecified atom stereocenters. The van der Waals surface area contributed by atoms with Crippen LogP contribution in [0.4, 0.5) is 4.39 Å². The lowest BCUT2D eigenvalue weighted by Crippen LogP contribution is -2.30. The number of nitrogens with zero attached hydrogens (tertiary/aromatic N) is 1. The molecule has 0 aliphatic rings. The minimum absolute atomic E-state index is 0.102. The third-order valence-electron chi connectivity index (χ3n) is 2.85. The predicted octanol–water partition coefficient (Wildman–Crippen LogP) is 2.09. The second-order valence-electron chi connectivity index (χ2n) is 3.83. The Balaban J connectivity index is 3.05. The molecular formula is C12H19FN2. The Hall–Kier alpha value is -0.930. The van der Waals surface area contributed by atoms with Crippen LogP contribution in [0.2, 0.25) is 0 Å². The fourth-order valence-corrected chi connectivity index (χ4v) is 1.74. The number of hydrogen-bond donors (Lipinski definition) is 1. The van der Waals surface area contributed by atoms with Crippen molar-refractivity contribution >= 4 is 0 Å². The Labute approximate surface area is 90.9 Å². The molecule has 1 atom stereocenters. The lowest BCUT2D eigenvalue weighted by atomic mass is 10.00. The average molecular weight is 210 g/mol. The number of nitrogens with two attached hydrogens (primary N) is 1. The molecule has 0 aromatic heterocycles. The van der Waals surface area contributed by atoms with Gasteiger partial charge in [-0.2, -0.15) is 0 Å². The molecular weight excluding hydrogens is 191 g/mol. The highest BCUT2D eigenvalue weighted by Crippen LogP contribution is 2.22. The van der Waals surface area contributed by atoms with Gasteiger partial charge in [-0.1, -0.05) is 13.0 Å². The van der Waals surface area contributed by atoms with E-state index >= 15 is 0 Å². The van der Waals surface area contributed by atoms with E-state index in [1.54, 1.807) is 12.1 Å². The van der Waals surface area contributed by atoms with Gasteiger partial charge in [0, 0.05) is 12.6 Å². The first-order valence-corrected chi connectivity index (χ1v) is 5.26. The molecule has 0 bridgehead atoms. The standard InChI is InChI=1S/C12H19FN2/c1-4-15(3)12(8-14)11-7-10(13)6-5-9(11)2/h5-7,12H,4,8,14H2,1-3H3. The van der Waals surface area contributed by atoms with Crippen LogP contribution in [0.25, 0.3) is 0 Å². The van der Waals surface area contributed by atoms with Crippen LogP contribution in [0.1, 0.15) is 24.1 Å². The molecule has 0 spiro atoms. The van der Waals surface area contributed by atoms with Gasteiger partial charge in [0.05, 0.1) is 0 Å². The third-order valence-corrected chi connectivity index (χ3v) is 2.85. The van der Waals surface area contributed by atoms with Gasteiger partial charge in [0.1, 0.15) is 5.82 Å². The summed E-state index contributed by atoms with van der Waals surface area (Å²) in [4.78, 5) is 2.13. The number of benzene rings is 1. The van der Waals surface area contributed by atoms with Crippen molar-refractivity contribution in [3.63, 3.8) is 0 Å². The Morgan fingerprint density at radius 2 is 2.13 bits per heavy atom. The molecule has 0 radical (unpaired) electrons. The second kappa shape index (κ2) is 5.24. The molecule has 1 rings (SSSR count). The monoisotopic (exact) mass is 210 g/mol. The number of aryl methyl sites for hydroxylation is 1. The summed E-state index contributed by atoms with van der Waals surface area (Å²) in [6.45, 7) is 5.46. The van der Waals surface area contributed by atoms with Crippen molar-refractivity contribution in [1.29, 1.82) is 0 Å². The van der Waals surface area contributed by atoms with E-state index in [0.717, 1.165) is 17.7 Å². The molecule has 2 nitrogen and oxygen atoms in total. The van der Waals surface area contributed by atoms with Crippen LogP contribution in [-0.4, -0.2) is 25.0 Å². The highest BCUT2D eigenvalue weighted by atomic mass is 19.1. The van der Waals surface area contributed by atoms with Gasteiger partial charge in [0.2, 0.25) is 0 Å². The molecule has 3 heteroatoms. The maximum absolute atomic E-state index is 13.2. The minimum Gasteiger partial charge on any atom is -0.329 e. The highest BCUT2D eigenvalue weighted by Gasteiger charge is 2.16. The van der Waals surface area contributed by atoms with Gasteiger partial charge in [0.25, 0.3) is 0 Å². The third kappa shape index (κ3) is 2.76. The molecule has 1 aromatic rings. The quantitative estimate of drug-likeness (QED) is 0.824. The molecule has 0 aliphatic carbocycles. The van der Waals surface area contributed by atoms with Crippen molar-refractivity contribution in [2.45, 2.75) is 19.9 Å². The predicted molar refractivity (Wildman–Crippen MR) is 61.2 cm³/mol. The molecule has 0 amide bonds. The molecule has 0 aliphatic heterocycles. The van der Waals surface area contributed by atoms with E-state index in [0.29, 0.717) is 6.54 Å². The minimum atomic E-state index is -0.196. The van der Waals surface area contributed by atoms with E-state index in [1.807, 2.05) is 14.0 Å². The van der Waals surface area contributed by atoms with Gasteiger partial charge in [-0.3, -0.25) is 4.90 Å². The highest BCUT2D eigenvalue weighted by molar-refractivity contribution is 5.29. The van der Waals surface area contributed by atoms with Crippen molar-refractivity contribution in [2.75, 3.05) is 20.1 Å². The molecule has 1 aromatic carbocycles. The maximum Gasteiger partial charge on any atom is 0.123 e. The van der Waals surface area contributed by atoms with E-state index in [1.165, 1.54) is 6.07 Å².